The molecule has 0 saturated heterocycles. The van der Waals surface area contributed by atoms with Gasteiger partial charge < -0.3 is 16.2 Å². The van der Waals surface area contributed by atoms with Gasteiger partial charge >= 0.3 is 5.97 Å². The Morgan fingerprint density at radius 1 is 0.952 bits per heavy atom. The van der Waals surface area contributed by atoms with E-state index in [1.807, 2.05) is 42.5 Å². The summed E-state index contributed by atoms with van der Waals surface area (Å²) in [4.78, 5) is 11.3. The van der Waals surface area contributed by atoms with Crippen molar-refractivity contribution >= 4 is 33.8 Å². The molecule has 3 aromatic carbocycles. The molecule has 3 aromatic rings. The highest BCUT2D eigenvalue weighted by molar-refractivity contribution is 6.02. The topological polar surface area (TPSA) is 75.4 Å². The number of carboxylic acid groups (broad SMARTS) is 1. The molecule has 3 rings (SSSR count). The monoisotopic (exact) mass is 278 g/mol. The molecule has 0 fully saturated rings. The second-order valence-electron chi connectivity index (χ2n) is 4.73. The van der Waals surface area contributed by atoms with Gasteiger partial charge in [0.2, 0.25) is 0 Å². The maximum Gasteiger partial charge on any atom is 0.337 e. The van der Waals surface area contributed by atoms with Gasteiger partial charge in [0, 0.05) is 11.1 Å². The highest BCUT2D eigenvalue weighted by Gasteiger charge is 2.13. The molecule has 0 aliphatic heterocycles. The summed E-state index contributed by atoms with van der Waals surface area (Å²) >= 11 is 0. The van der Waals surface area contributed by atoms with E-state index in [-0.39, 0.29) is 5.56 Å². The number of fused-ring (bicyclic) bond motifs is 1. The smallest absolute Gasteiger partial charge is 0.337 e. The zero-order valence-corrected chi connectivity index (χ0v) is 11.2. The van der Waals surface area contributed by atoms with E-state index in [9.17, 15) is 9.90 Å². The van der Waals surface area contributed by atoms with Crippen LogP contribution < -0.4 is 11.1 Å². The molecule has 4 nitrogen and oxygen atoms in total. The normalized spacial score (nSPS) is 10.5. The van der Waals surface area contributed by atoms with Crippen molar-refractivity contribution in [1.29, 1.82) is 0 Å². The second-order valence-corrected chi connectivity index (χ2v) is 4.73. The van der Waals surface area contributed by atoms with Crippen LogP contribution in [0.2, 0.25) is 0 Å². The molecule has 104 valence electrons. The Balaban J connectivity index is 2.13. The molecule has 0 bridgehead atoms. The van der Waals surface area contributed by atoms with Crippen molar-refractivity contribution < 1.29 is 9.90 Å². The molecule has 4 N–H and O–H groups in total. The fourth-order valence-electron chi connectivity index (χ4n) is 2.36. The lowest BCUT2D eigenvalue weighted by Gasteiger charge is -2.14. The van der Waals surface area contributed by atoms with Gasteiger partial charge in [0.1, 0.15) is 0 Å². The van der Waals surface area contributed by atoms with Gasteiger partial charge in [0.15, 0.2) is 0 Å². The maximum absolute atomic E-state index is 11.3. The fourth-order valence-corrected chi connectivity index (χ4v) is 2.36. The van der Waals surface area contributed by atoms with Gasteiger partial charge in [0.05, 0.1) is 16.9 Å². The Bertz CT molecular complexity index is 823. The van der Waals surface area contributed by atoms with Crippen LogP contribution in [0.4, 0.5) is 17.1 Å². The molecule has 0 aliphatic carbocycles. The molecule has 0 aliphatic rings. The number of rotatable bonds is 3. The molecular formula is C17H14N2O2. The first-order valence-electron chi connectivity index (χ1n) is 6.53. The minimum Gasteiger partial charge on any atom is -0.478 e. The lowest BCUT2D eigenvalue weighted by molar-refractivity contribution is 0.0698. The zero-order chi connectivity index (χ0) is 14.8. The first-order valence-corrected chi connectivity index (χ1v) is 6.53. The van der Waals surface area contributed by atoms with Crippen molar-refractivity contribution in [1.82, 2.24) is 0 Å². The van der Waals surface area contributed by atoms with E-state index in [4.69, 9.17) is 5.73 Å². The van der Waals surface area contributed by atoms with Crippen molar-refractivity contribution in [3.05, 3.63) is 66.2 Å². The van der Waals surface area contributed by atoms with Gasteiger partial charge in [0.25, 0.3) is 0 Å². The van der Waals surface area contributed by atoms with E-state index in [0.717, 1.165) is 16.5 Å². The van der Waals surface area contributed by atoms with E-state index in [1.54, 1.807) is 12.1 Å². The molecule has 21 heavy (non-hydrogen) atoms. The number of carboxylic acids is 1. The van der Waals surface area contributed by atoms with Crippen LogP contribution in [0, 0.1) is 0 Å². The molecule has 0 spiro atoms. The van der Waals surface area contributed by atoms with E-state index in [1.165, 1.54) is 6.07 Å². The molecule has 0 unspecified atom stereocenters. The summed E-state index contributed by atoms with van der Waals surface area (Å²) in [5.74, 6) is -1.01. The van der Waals surface area contributed by atoms with E-state index < -0.39 is 5.97 Å². The van der Waals surface area contributed by atoms with Gasteiger partial charge in [-0.05, 0) is 23.6 Å². The van der Waals surface area contributed by atoms with Crippen LogP contribution in [-0.2, 0) is 0 Å². The molecule has 0 radical (unpaired) electrons. The highest BCUT2D eigenvalue weighted by atomic mass is 16.4. The number of hydrogen-bond donors (Lipinski definition) is 3. The van der Waals surface area contributed by atoms with Gasteiger partial charge in [-0.25, -0.2) is 4.79 Å². The summed E-state index contributed by atoms with van der Waals surface area (Å²) in [6.07, 6.45) is 0. The van der Waals surface area contributed by atoms with Crippen LogP contribution in [0.1, 0.15) is 10.4 Å². The van der Waals surface area contributed by atoms with Crippen LogP contribution in [0.15, 0.2) is 60.7 Å². The molecule has 0 saturated carbocycles. The van der Waals surface area contributed by atoms with E-state index in [0.29, 0.717) is 11.4 Å². The predicted molar refractivity (Wildman–Crippen MR) is 85.0 cm³/mol. The van der Waals surface area contributed by atoms with Crippen LogP contribution in [0.5, 0.6) is 0 Å². The van der Waals surface area contributed by atoms with Crippen molar-refractivity contribution in [3.8, 4) is 0 Å². The summed E-state index contributed by atoms with van der Waals surface area (Å²) in [5.41, 5.74) is 7.73. The molecule has 0 heterocycles. The average Bonchev–Trinajstić information content (AvgIpc) is 2.49. The summed E-state index contributed by atoms with van der Waals surface area (Å²) in [6, 6.07) is 18.6. The van der Waals surface area contributed by atoms with Crippen molar-refractivity contribution in [2.45, 2.75) is 0 Å². The third kappa shape index (κ3) is 2.39. The first-order chi connectivity index (χ1) is 10.2. The number of para-hydroxylation sites is 1. The highest BCUT2D eigenvalue weighted by Crippen LogP contribution is 2.31. The number of nitrogen functional groups attached to an aromatic ring is 1. The first kappa shape index (κ1) is 13.0. The maximum atomic E-state index is 11.3. The Morgan fingerprint density at radius 2 is 1.67 bits per heavy atom. The number of aromatic carboxylic acids is 1. The third-order valence-electron chi connectivity index (χ3n) is 3.38. The van der Waals surface area contributed by atoms with Crippen molar-refractivity contribution in [3.63, 3.8) is 0 Å². The summed E-state index contributed by atoms with van der Waals surface area (Å²) < 4.78 is 0. The van der Waals surface area contributed by atoms with E-state index >= 15 is 0 Å². The molecule has 0 atom stereocenters. The number of nitrogens with one attached hydrogen (secondary N) is 1. The summed E-state index contributed by atoms with van der Waals surface area (Å²) in [7, 11) is 0. The van der Waals surface area contributed by atoms with Crippen molar-refractivity contribution in [2.75, 3.05) is 11.1 Å². The standard InChI is InChI=1S/C17H14N2O2/c18-14-9-4-8-13(17(20)21)16(14)19-15-10-3-6-11-5-1-2-7-12(11)15/h1-10,19H,18H2,(H,20,21). The minimum atomic E-state index is -1.01. The number of carbonyl (C=O) groups is 1. The fraction of sp³-hybridized carbons (Fsp3) is 0. The SMILES string of the molecule is Nc1cccc(C(=O)O)c1Nc1cccc2ccccc12. The summed E-state index contributed by atoms with van der Waals surface area (Å²) in [5, 5.41) is 14.5. The molecule has 0 aromatic heterocycles. The van der Waals surface area contributed by atoms with Crippen LogP contribution in [0.3, 0.4) is 0 Å². The molecule has 4 heteroatoms. The molecular weight excluding hydrogens is 264 g/mol. The van der Waals surface area contributed by atoms with Crippen LogP contribution in [0.25, 0.3) is 10.8 Å². The van der Waals surface area contributed by atoms with Gasteiger partial charge in [-0.15, -0.1) is 0 Å². The van der Waals surface area contributed by atoms with Gasteiger partial charge in [-0.3, -0.25) is 0 Å². The van der Waals surface area contributed by atoms with Crippen LogP contribution in [-0.4, -0.2) is 11.1 Å². The quantitative estimate of drug-likeness (QED) is 0.636. The predicted octanol–water partition coefficient (Wildman–Crippen LogP) is 3.86. The van der Waals surface area contributed by atoms with Gasteiger partial charge in [-0.1, -0.05) is 42.5 Å². The number of hydrogen-bond acceptors (Lipinski definition) is 3. The lowest BCUT2D eigenvalue weighted by atomic mass is 10.1. The average molecular weight is 278 g/mol. The lowest BCUT2D eigenvalue weighted by Crippen LogP contribution is -2.05. The molecule has 0 amide bonds. The van der Waals surface area contributed by atoms with E-state index in [2.05, 4.69) is 5.32 Å². The Hall–Kier alpha value is -3.01. The second kappa shape index (κ2) is 5.17. The Morgan fingerprint density at radius 3 is 2.48 bits per heavy atom. The largest absolute Gasteiger partial charge is 0.478 e. The minimum absolute atomic E-state index is 0.155. The summed E-state index contributed by atoms with van der Waals surface area (Å²) in [6.45, 7) is 0. The van der Waals surface area contributed by atoms with Crippen molar-refractivity contribution in [2.24, 2.45) is 0 Å². The third-order valence-corrected chi connectivity index (χ3v) is 3.38. The number of nitrogens with two attached hydrogens (primary N) is 1. The van der Waals surface area contributed by atoms with Gasteiger partial charge in [-0.2, -0.15) is 0 Å². The zero-order valence-electron chi connectivity index (χ0n) is 11.2. The Kier molecular flexibility index (Phi) is 3.20. The Labute approximate surface area is 121 Å². The van der Waals surface area contributed by atoms with Crippen LogP contribution >= 0.6 is 0 Å². The number of benzene rings is 3. The number of anilines is 3.